The van der Waals surface area contributed by atoms with E-state index in [9.17, 15) is 0 Å². The highest BCUT2D eigenvalue weighted by atomic mass is 15.1. The maximum absolute atomic E-state index is 5.52. The van der Waals surface area contributed by atoms with Crippen LogP contribution in [0.2, 0.25) is 0 Å². The Morgan fingerprint density at radius 3 is 1.75 bits per heavy atom. The van der Waals surface area contributed by atoms with Crippen molar-refractivity contribution in [3.05, 3.63) is 0 Å². The highest BCUT2D eigenvalue weighted by molar-refractivity contribution is 5.05. The average molecular weight is 167 g/mol. The minimum absolute atomic E-state index is 0.181. The number of terminal acetylenes is 1. The third-order valence-electron chi connectivity index (χ3n) is 2.16. The van der Waals surface area contributed by atoms with E-state index in [1.54, 1.807) is 0 Å². The summed E-state index contributed by atoms with van der Waals surface area (Å²) in [5, 5.41) is 0. The van der Waals surface area contributed by atoms with Crippen LogP contribution in [0, 0.1) is 17.8 Å². The summed E-state index contributed by atoms with van der Waals surface area (Å²) in [6.07, 6.45) is 5.52. The van der Waals surface area contributed by atoms with Gasteiger partial charge in [-0.2, -0.15) is 0 Å². The monoisotopic (exact) mass is 167 g/mol. The van der Waals surface area contributed by atoms with Gasteiger partial charge in [-0.05, 0) is 18.5 Å². The van der Waals surface area contributed by atoms with E-state index < -0.39 is 0 Å². The molecule has 0 saturated carbocycles. The molecule has 0 saturated heterocycles. The minimum atomic E-state index is 0.181. The van der Waals surface area contributed by atoms with Gasteiger partial charge in [0.1, 0.15) is 0 Å². The summed E-state index contributed by atoms with van der Waals surface area (Å²) in [6.45, 7) is 12.9. The fourth-order valence-corrected chi connectivity index (χ4v) is 1.49. The molecule has 0 rings (SSSR count). The van der Waals surface area contributed by atoms with Crippen molar-refractivity contribution in [2.45, 2.75) is 40.7 Å². The van der Waals surface area contributed by atoms with Gasteiger partial charge < -0.3 is 0 Å². The van der Waals surface area contributed by atoms with E-state index in [-0.39, 0.29) is 11.5 Å². The summed E-state index contributed by atoms with van der Waals surface area (Å²) in [4.78, 5) is 2.32. The minimum Gasteiger partial charge on any atom is -0.290 e. The Morgan fingerprint density at radius 1 is 1.25 bits per heavy atom. The Hall–Kier alpha value is -0.480. The summed E-state index contributed by atoms with van der Waals surface area (Å²) in [5.74, 6) is 2.87. The van der Waals surface area contributed by atoms with Crippen molar-refractivity contribution in [2.75, 3.05) is 13.1 Å². The fourth-order valence-electron chi connectivity index (χ4n) is 1.49. The lowest BCUT2D eigenvalue weighted by Gasteiger charge is -2.35. The van der Waals surface area contributed by atoms with E-state index in [0.29, 0.717) is 0 Å². The zero-order valence-electron chi connectivity index (χ0n) is 9.02. The first kappa shape index (κ1) is 11.5. The van der Waals surface area contributed by atoms with Crippen LogP contribution in [0.4, 0.5) is 0 Å². The zero-order chi connectivity index (χ0) is 9.78. The second kappa shape index (κ2) is 4.52. The maximum Gasteiger partial charge on any atom is 0.0760 e. The molecule has 0 amide bonds. The molecule has 0 spiro atoms. The molecule has 1 heteroatoms. The number of rotatable bonds is 3. The Morgan fingerprint density at radius 2 is 1.67 bits per heavy atom. The fraction of sp³-hybridized carbons (Fsp3) is 0.818. The van der Waals surface area contributed by atoms with Crippen LogP contribution >= 0.6 is 0 Å². The lowest BCUT2D eigenvalue weighted by atomic mass is 9.86. The molecule has 0 bridgehead atoms. The molecule has 0 aromatic rings. The normalized spacial score (nSPS) is 14.4. The molecule has 1 nitrogen and oxygen atoms in total. The predicted molar refractivity (Wildman–Crippen MR) is 55.0 cm³/mol. The third kappa shape index (κ3) is 2.87. The molecule has 0 aliphatic heterocycles. The predicted octanol–water partition coefficient (Wildman–Crippen LogP) is 2.38. The van der Waals surface area contributed by atoms with Crippen molar-refractivity contribution < 1.29 is 0 Å². The molecule has 12 heavy (non-hydrogen) atoms. The molecular formula is C11H21N. The van der Waals surface area contributed by atoms with Crippen LogP contribution < -0.4 is 0 Å². The number of nitrogens with zero attached hydrogens (tertiary/aromatic N) is 1. The SMILES string of the molecule is C#CC(N(CC)CC)C(C)(C)C. The van der Waals surface area contributed by atoms with Crippen LogP contribution in [0.25, 0.3) is 0 Å². The molecule has 0 aliphatic carbocycles. The van der Waals surface area contributed by atoms with Crippen molar-refractivity contribution in [3.63, 3.8) is 0 Å². The third-order valence-corrected chi connectivity index (χ3v) is 2.16. The van der Waals surface area contributed by atoms with Crippen LogP contribution in [-0.4, -0.2) is 24.0 Å². The van der Waals surface area contributed by atoms with E-state index in [2.05, 4.69) is 45.4 Å². The Kier molecular flexibility index (Phi) is 4.34. The van der Waals surface area contributed by atoms with Crippen molar-refractivity contribution in [2.24, 2.45) is 5.41 Å². The molecule has 1 unspecified atom stereocenters. The van der Waals surface area contributed by atoms with Crippen molar-refractivity contribution in [1.82, 2.24) is 4.90 Å². The zero-order valence-corrected chi connectivity index (χ0v) is 9.02. The topological polar surface area (TPSA) is 3.24 Å². The van der Waals surface area contributed by atoms with Gasteiger partial charge in [-0.3, -0.25) is 4.90 Å². The molecule has 0 heterocycles. The Balaban J connectivity index is 4.45. The van der Waals surface area contributed by atoms with Gasteiger partial charge in [0, 0.05) is 0 Å². The van der Waals surface area contributed by atoms with E-state index >= 15 is 0 Å². The number of hydrogen-bond donors (Lipinski definition) is 0. The first-order valence-corrected chi connectivity index (χ1v) is 4.67. The summed E-state index contributed by atoms with van der Waals surface area (Å²) >= 11 is 0. The lowest BCUT2D eigenvalue weighted by molar-refractivity contribution is 0.155. The van der Waals surface area contributed by atoms with Gasteiger partial charge >= 0.3 is 0 Å². The second-order valence-electron chi connectivity index (χ2n) is 4.16. The van der Waals surface area contributed by atoms with Gasteiger partial charge in [0.05, 0.1) is 6.04 Å². The first-order valence-electron chi connectivity index (χ1n) is 4.67. The molecule has 70 valence electrons. The van der Waals surface area contributed by atoms with E-state index in [4.69, 9.17) is 6.42 Å². The van der Waals surface area contributed by atoms with Gasteiger partial charge in [-0.25, -0.2) is 0 Å². The van der Waals surface area contributed by atoms with Crippen LogP contribution in [0.3, 0.4) is 0 Å². The molecular weight excluding hydrogens is 146 g/mol. The van der Waals surface area contributed by atoms with E-state index in [0.717, 1.165) is 13.1 Å². The summed E-state index contributed by atoms with van der Waals surface area (Å²) in [5.41, 5.74) is 0.181. The van der Waals surface area contributed by atoms with Crippen molar-refractivity contribution in [3.8, 4) is 12.3 Å². The number of hydrogen-bond acceptors (Lipinski definition) is 1. The average Bonchev–Trinajstić information content (AvgIpc) is 1.97. The molecule has 1 atom stereocenters. The molecule has 0 N–H and O–H groups in total. The first-order chi connectivity index (χ1) is 5.47. The molecule has 0 aromatic carbocycles. The molecule has 0 aromatic heterocycles. The second-order valence-corrected chi connectivity index (χ2v) is 4.16. The van der Waals surface area contributed by atoms with Crippen LogP contribution in [0.15, 0.2) is 0 Å². The van der Waals surface area contributed by atoms with Gasteiger partial charge in [-0.15, -0.1) is 6.42 Å². The molecule has 0 aliphatic rings. The van der Waals surface area contributed by atoms with Crippen molar-refractivity contribution in [1.29, 1.82) is 0 Å². The van der Waals surface area contributed by atoms with Crippen molar-refractivity contribution >= 4 is 0 Å². The highest BCUT2D eigenvalue weighted by Gasteiger charge is 2.26. The molecule has 0 fully saturated rings. The van der Waals surface area contributed by atoms with E-state index in [1.165, 1.54) is 0 Å². The Bertz CT molecular complexity index is 155. The van der Waals surface area contributed by atoms with Crippen LogP contribution in [-0.2, 0) is 0 Å². The maximum atomic E-state index is 5.52. The summed E-state index contributed by atoms with van der Waals surface area (Å²) in [6, 6.07) is 0.257. The smallest absolute Gasteiger partial charge is 0.0760 e. The van der Waals surface area contributed by atoms with E-state index in [1.807, 2.05) is 0 Å². The van der Waals surface area contributed by atoms with Crippen LogP contribution in [0.5, 0.6) is 0 Å². The quantitative estimate of drug-likeness (QED) is 0.583. The largest absolute Gasteiger partial charge is 0.290 e. The highest BCUT2D eigenvalue weighted by Crippen LogP contribution is 2.23. The van der Waals surface area contributed by atoms with Gasteiger partial charge in [-0.1, -0.05) is 40.5 Å². The van der Waals surface area contributed by atoms with Gasteiger partial charge in [0.2, 0.25) is 0 Å². The van der Waals surface area contributed by atoms with Gasteiger partial charge in [0.25, 0.3) is 0 Å². The lowest BCUT2D eigenvalue weighted by Crippen LogP contribution is -2.42. The Labute approximate surface area is 77.1 Å². The van der Waals surface area contributed by atoms with Crippen LogP contribution in [0.1, 0.15) is 34.6 Å². The molecule has 0 radical (unpaired) electrons. The standard InChI is InChI=1S/C11H21N/c1-7-10(11(4,5)6)12(8-2)9-3/h1,10H,8-9H2,2-6H3. The van der Waals surface area contributed by atoms with Gasteiger partial charge in [0.15, 0.2) is 0 Å². The summed E-state index contributed by atoms with van der Waals surface area (Å²) in [7, 11) is 0. The summed E-state index contributed by atoms with van der Waals surface area (Å²) < 4.78 is 0.